The molecule has 3 N–H and O–H groups in total. The third kappa shape index (κ3) is 3.09. The number of aliphatic hydroxyl groups is 1. The SMILES string of the molecule is CC(C)c1ccc(NC(=O)NC2COC3C(O)COC23)cc1. The van der Waals surface area contributed by atoms with E-state index in [0.29, 0.717) is 12.5 Å². The van der Waals surface area contributed by atoms with Gasteiger partial charge < -0.3 is 25.2 Å². The summed E-state index contributed by atoms with van der Waals surface area (Å²) in [5, 5.41) is 15.3. The number of amides is 2. The third-order valence-electron chi connectivity index (χ3n) is 4.18. The Morgan fingerprint density at radius 2 is 1.86 bits per heavy atom. The summed E-state index contributed by atoms with van der Waals surface area (Å²) in [6, 6.07) is 7.25. The number of fused-ring (bicyclic) bond motifs is 1. The Morgan fingerprint density at radius 1 is 1.18 bits per heavy atom. The fraction of sp³-hybridized carbons (Fsp3) is 0.562. The second kappa shape index (κ2) is 6.24. The van der Waals surface area contributed by atoms with Crippen LogP contribution in [-0.4, -0.2) is 48.7 Å². The molecule has 2 aliphatic heterocycles. The van der Waals surface area contributed by atoms with Crippen molar-refractivity contribution in [1.29, 1.82) is 0 Å². The first kappa shape index (κ1) is 15.3. The number of urea groups is 1. The van der Waals surface area contributed by atoms with Crippen molar-refractivity contribution < 1.29 is 19.4 Å². The quantitative estimate of drug-likeness (QED) is 0.790. The summed E-state index contributed by atoms with van der Waals surface area (Å²) in [5.41, 5.74) is 1.97. The molecular formula is C16H22N2O4. The first-order valence-corrected chi connectivity index (χ1v) is 7.63. The highest BCUT2D eigenvalue weighted by Gasteiger charge is 2.47. The van der Waals surface area contributed by atoms with Crippen LogP contribution in [-0.2, 0) is 9.47 Å². The molecule has 0 aromatic heterocycles. The Morgan fingerprint density at radius 3 is 2.55 bits per heavy atom. The number of ether oxygens (including phenoxy) is 2. The number of hydrogen-bond acceptors (Lipinski definition) is 4. The third-order valence-corrected chi connectivity index (χ3v) is 4.18. The van der Waals surface area contributed by atoms with Gasteiger partial charge in [0.05, 0.1) is 19.3 Å². The minimum absolute atomic E-state index is 0.239. The summed E-state index contributed by atoms with van der Waals surface area (Å²) in [6.07, 6.45) is -1.22. The number of carbonyl (C=O) groups is 1. The topological polar surface area (TPSA) is 79.8 Å². The molecule has 4 unspecified atom stereocenters. The molecule has 0 saturated carbocycles. The monoisotopic (exact) mass is 306 g/mol. The van der Waals surface area contributed by atoms with Crippen molar-refractivity contribution >= 4 is 11.7 Å². The van der Waals surface area contributed by atoms with Gasteiger partial charge in [-0.1, -0.05) is 26.0 Å². The highest BCUT2D eigenvalue weighted by atomic mass is 16.6. The molecule has 1 aromatic carbocycles. The molecule has 2 aliphatic rings. The average molecular weight is 306 g/mol. The van der Waals surface area contributed by atoms with Gasteiger partial charge in [0, 0.05) is 5.69 Å². The van der Waals surface area contributed by atoms with Crippen LogP contribution in [0.4, 0.5) is 10.5 Å². The molecule has 4 atom stereocenters. The van der Waals surface area contributed by atoms with E-state index in [1.165, 1.54) is 5.56 Å². The van der Waals surface area contributed by atoms with E-state index < -0.39 is 6.10 Å². The number of carbonyl (C=O) groups excluding carboxylic acids is 1. The molecule has 120 valence electrons. The maximum atomic E-state index is 12.1. The van der Waals surface area contributed by atoms with E-state index in [1.54, 1.807) is 0 Å². The van der Waals surface area contributed by atoms with Crippen LogP contribution in [0.1, 0.15) is 25.3 Å². The standard InChI is InChI=1S/C16H22N2O4/c1-9(2)10-3-5-11(6-4-10)17-16(20)18-12-7-21-15-13(19)8-22-14(12)15/h3-6,9,12-15,19H,7-8H2,1-2H3,(H2,17,18,20). The van der Waals surface area contributed by atoms with Gasteiger partial charge in [0.1, 0.15) is 18.3 Å². The molecule has 6 heteroatoms. The van der Waals surface area contributed by atoms with Crippen LogP contribution < -0.4 is 10.6 Å². The number of nitrogens with one attached hydrogen (secondary N) is 2. The van der Waals surface area contributed by atoms with E-state index in [2.05, 4.69) is 24.5 Å². The normalized spacial score (nSPS) is 30.4. The summed E-state index contributed by atoms with van der Waals surface area (Å²) in [4.78, 5) is 12.1. The molecule has 22 heavy (non-hydrogen) atoms. The number of aliphatic hydroxyl groups excluding tert-OH is 1. The molecule has 3 rings (SSSR count). The lowest BCUT2D eigenvalue weighted by molar-refractivity contribution is 0.0180. The molecule has 6 nitrogen and oxygen atoms in total. The van der Waals surface area contributed by atoms with Gasteiger partial charge in [-0.3, -0.25) is 0 Å². The van der Waals surface area contributed by atoms with Gasteiger partial charge in [0.15, 0.2) is 0 Å². The predicted molar refractivity (Wildman–Crippen MR) is 82.0 cm³/mol. The number of anilines is 1. The lowest BCUT2D eigenvalue weighted by Gasteiger charge is -2.18. The minimum Gasteiger partial charge on any atom is -0.388 e. The zero-order valence-corrected chi connectivity index (χ0v) is 12.8. The van der Waals surface area contributed by atoms with E-state index >= 15 is 0 Å². The van der Waals surface area contributed by atoms with Crippen LogP contribution in [0.2, 0.25) is 0 Å². The Kier molecular flexibility index (Phi) is 4.33. The van der Waals surface area contributed by atoms with Crippen molar-refractivity contribution in [3.05, 3.63) is 29.8 Å². The lowest BCUT2D eigenvalue weighted by atomic mass is 10.0. The van der Waals surface area contributed by atoms with E-state index in [-0.39, 0.29) is 30.9 Å². The summed E-state index contributed by atoms with van der Waals surface area (Å²) in [5.74, 6) is 0.460. The van der Waals surface area contributed by atoms with Crippen molar-refractivity contribution in [1.82, 2.24) is 5.32 Å². The molecule has 2 amide bonds. The second-order valence-electron chi connectivity index (χ2n) is 6.14. The van der Waals surface area contributed by atoms with E-state index in [1.807, 2.05) is 24.3 Å². The summed E-state index contributed by atoms with van der Waals surface area (Å²) in [7, 11) is 0. The molecule has 1 aromatic rings. The van der Waals surface area contributed by atoms with Gasteiger partial charge in [-0.25, -0.2) is 4.79 Å². The van der Waals surface area contributed by atoms with Gasteiger partial charge in [-0.2, -0.15) is 0 Å². The lowest BCUT2D eigenvalue weighted by Crippen LogP contribution is -2.46. The molecule has 0 radical (unpaired) electrons. The first-order chi connectivity index (χ1) is 10.5. The van der Waals surface area contributed by atoms with Crippen LogP contribution >= 0.6 is 0 Å². The fourth-order valence-electron chi connectivity index (χ4n) is 2.89. The van der Waals surface area contributed by atoms with E-state index in [0.717, 1.165) is 5.69 Å². The fourth-order valence-corrected chi connectivity index (χ4v) is 2.89. The van der Waals surface area contributed by atoms with Crippen LogP contribution in [0, 0.1) is 0 Å². The van der Waals surface area contributed by atoms with Gasteiger partial charge in [-0.05, 0) is 23.6 Å². The molecule has 0 bridgehead atoms. The zero-order valence-electron chi connectivity index (χ0n) is 12.8. The van der Waals surface area contributed by atoms with E-state index in [4.69, 9.17) is 9.47 Å². The van der Waals surface area contributed by atoms with Gasteiger partial charge >= 0.3 is 6.03 Å². The van der Waals surface area contributed by atoms with Gasteiger partial charge in [0.2, 0.25) is 0 Å². The smallest absolute Gasteiger partial charge is 0.319 e. The molecule has 0 aliphatic carbocycles. The average Bonchev–Trinajstić information content (AvgIpc) is 3.04. The summed E-state index contributed by atoms with van der Waals surface area (Å²) >= 11 is 0. The molecule has 2 saturated heterocycles. The van der Waals surface area contributed by atoms with Crippen molar-refractivity contribution in [3.63, 3.8) is 0 Å². The van der Waals surface area contributed by atoms with Gasteiger partial charge in [-0.15, -0.1) is 0 Å². The Hall–Kier alpha value is -1.63. The summed E-state index contributed by atoms with van der Waals surface area (Å²) < 4.78 is 11.0. The highest BCUT2D eigenvalue weighted by Crippen LogP contribution is 2.27. The zero-order chi connectivity index (χ0) is 15.7. The van der Waals surface area contributed by atoms with Crippen molar-refractivity contribution in [2.45, 2.75) is 44.1 Å². The molecule has 0 spiro atoms. The van der Waals surface area contributed by atoms with Crippen LogP contribution in [0.5, 0.6) is 0 Å². The Balaban J connectivity index is 1.54. The molecule has 2 heterocycles. The molecule has 2 fully saturated rings. The minimum atomic E-state index is -0.608. The Labute approximate surface area is 129 Å². The van der Waals surface area contributed by atoms with Crippen LogP contribution in [0.3, 0.4) is 0 Å². The second-order valence-corrected chi connectivity index (χ2v) is 6.14. The molecular weight excluding hydrogens is 284 g/mol. The number of benzene rings is 1. The Bertz CT molecular complexity index is 531. The number of hydrogen-bond donors (Lipinski definition) is 3. The van der Waals surface area contributed by atoms with Crippen LogP contribution in [0.25, 0.3) is 0 Å². The van der Waals surface area contributed by atoms with Crippen molar-refractivity contribution in [2.24, 2.45) is 0 Å². The summed E-state index contributed by atoms with van der Waals surface area (Å²) in [6.45, 7) is 4.86. The van der Waals surface area contributed by atoms with Crippen LogP contribution in [0.15, 0.2) is 24.3 Å². The van der Waals surface area contributed by atoms with Crippen molar-refractivity contribution in [2.75, 3.05) is 18.5 Å². The highest BCUT2D eigenvalue weighted by molar-refractivity contribution is 5.89. The van der Waals surface area contributed by atoms with Gasteiger partial charge in [0.25, 0.3) is 0 Å². The maximum absolute atomic E-state index is 12.1. The largest absolute Gasteiger partial charge is 0.388 e. The van der Waals surface area contributed by atoms with Crippen molar-refractivity contribution in [3.8, 4) is 0 Å². The van der Waals surface area contributed by atoms with E-state index in [9.17, 15) is 9.90 Å². The predicted octanol–water partition coefficient (Wildman–Crippen LogP) is 1.46. The number of rotatable bonds is 3. The first-order valence-electron chi connectivity index (χ1n) is 7.63. The maximum Gasteiger partial charge on any atom is 0.319 e.